The molecule has 0 aliphatic rings. The maximum absolute atomic E-state index is 8.52. The monoisotopic (exact) mass is 326 g/mol. The molecule has 16 heavy (non-hydrogen) atoms. The van der Waals surface area contributed by atoms with Gasteiger partial charge in [0.15, 0.2) is 0 Å². The molecular formula is C9H15BrN2O2S2. The predicted octanol–water partition coefficient (Wildman–Crippen LogP) is 2.07. The molecule has 0 unspecified atom stereocenters. The zero-order valence-corrected chi connectivity index (χ0v) is 12.2. The Labute approximate surface area is 115 Å². The SMILES string of the molecule is CN(SONCCO)c1ccccc1Br.S. The summed E-state index contributed by atoms with van der Waals surface area (Å²) in [7, 11) is 1.89. The third-order valence-electron chi connectivity index (χ3n) is 1.61. The predicted molar refractivity (Wildman–Crippen MR) is 76.7 cm³/mol. The van der Waals surface area contributed by atoms with Gasteiger partial charge >= 0.3 is 0 Å². The number of nitrogens with one attached hydrogen (secondary N) is 1. The summed E-state index contributed by atoms with van der Waals surface area (Å²) in [5, 5.41) is 8.52. The van der Waals surface area contributed by atoms with Crippen molar-refractivity contribution in [1.29, 1.82) is 0 Å². The molecule has 1 aromatic rings. The third-order valence-corrected chi connectivity index (χ3v) is 2.90. The molecule has 0 bridgehead atoms. The van der Waals surface area contributed by atoms with Crippen LogP contribution in [0.4, 0.5) is 5.69 Å². The van der Waals surface area contributed by atoms with E-state index >= 15 is 0 Å². The topological polar surface area (TPSA) is 44.7 Å². The number of anilines is 1. The lowest BCUT2D eigenvalue weighted by Gasteiger charge is -2.17. The van der Waals surface area contributed by atoms with Gasteiger partial charge in [-0.15, -0.1) is 0 Å². The van der Waals surface area contributed by atoms with Gasteiger partial charge in [0.25, 0.3) is 0 Å². The Bertz CT molecular complexity index is 305. The van der Waals surface area contributed by atoms with E-state index in [2.05, 4.69) is 21.4 Å². The van der Waals surface area contributed by atoms with E-state index in [0.717, 1.165) is 22.4 Å². The first-order chi connectivity index (χ1) is 7.25. The van der Waals surface area contributed by atoms with Crippen molar-refractivity contribution >= 4 is 47.3 Å². The largest absolute Gasteiger partial charge is 0.395 e. The van der Waals surface area contributed by atoms with Crippen LogP contribution in [0.1, 0.15) is 0 Å². The van der Waals surface area contributed by atoms with Crippen LogP contribution >= 0.6 is 41.7 Å². The molecule has 0 fully saturated rings. The number of aliphatic hydroxyl groups is 1. The van der Waals surface area contributed by atoms with Crippen molar-refractivity contribution in [1.82, 2.24) is 5.48 Å². The Morgan fingerprint density at radius 3 is 2.81 bits per heavy atom. The molecule has 0 aromatic heterocycles. The van der Waals surface area contributed by atoms with Crippen LogP contribution in [0.2, 0.25) is 0 Å². The van der Waals surface area contributed by atoms with Crippen molar-refractivity contribution in [2.75, 3.05) is 24.5 Å². The fourth-order valence-corrected chi connectivity index (χ4v) is 2.07. The molecule has 1 aromatic carbocycles. The number of benzene rings is 1. The molecule has 0 radical (unpaired) electrons. The highest BCUT2D eigenvalue weighted by atomic mass is 79.9. The zero-order valence-electron chi connectivity index (χ0n) is 8.81. The van der Waals surface area contributed by atoms with Gasteiger partial charge in [0.05, 0.1) is 12.3 Å². The maximum Gasteiger partial charge on any atom is 0.135 e. The molecule has 0 amide bonds. The van der Waals surface area contributed by atoms with E-state index in [4.69, 9.17) is 9.39 Å². The van der Waals surface area contributed by atoms with Crippen LogP contribution in [0.3, 0.4) is 0 Å². The minimum absolute atomic E-state index is 0. The molecule has 0 saturated carbocycles. The highest BCUT2D eigenvalue weighted by molar-refractivity contribution is 9.10. The first-order valence-corrected chi connectivity index (χ1v) is 5.90. The minimum Gasteiger partial charge on any atom is -0.395 e. The average Bonchev–Trinajstić information content (AvgIpc) is 2.25. The lowest BCUT2D eigenvalue weighted by molar-refractivity contribution is 0.191. The molecule has 0 aliphatic heterocycles. The number of halogens is 1. The second kappa shape index (κ2) is 9.15. The summed E-state index contributed by atoms with van der Waals surface area (Å²) in [6.07, 6.45) is 0. The van der Waals surface area contributed by atoms with Gasteiger partial charge in [-0.1, -0.05) is 12.1 Å². The van der Waals surface area contributed by atoms with Crippen LogP contribution in [0.25, 0.3) is 0 Å². The van der Waals surface area contributed by atoms with Crippen molar-refractivity contribution < 1.29 is 9.39 Å². The number of nitrogens with zero attached hydrogens (tertiary/aromatic N) is 1. The standard InChI is InChI=1S/C9H13BrN2O2S.H2S/c1-12(15-14-11-6-7-13)9-5-3-2-4-8(9)10;/h2-5,11,13H,6-7H2,1H3;1H2. The van der Waals surface area contributed by atoms with Crippen LogP contribution in [0.15, 0.2) is 28.7 Å². The van der Waals surface area contributed by atoms with Crippen LogP contribution in [0, 0.1) is 0 Å². The average molecular weight is 327 g/mol. The number of rotatable bonds is 6. The van der Waals surface area contributed by atoms with Crippen molar-refractivity contribution in [3.63, 3.8) is 0 Å². The molecule has 7 heteroatoms. The van der Waals surface area contributed by atoms with Gasteiger partial charge in [0.1, 0.15) is 12.2 Å². The third kappa shape index (κ3) is 5.42. The van der Waals surface area contributed by atoms with E-state index in [1.54, 1.807) is 0 Å². The van der Waals surface area contributed by atoms with Crippen molar-refractivity contribution in [2.45, 2.75) is 0 Å². The molecule has 0 saturated heterocycles. The normalized spacial score (nSPS) is 9.69. The summed E-state index contributed by atoms with van der Waals surface area (Å²) in [5.74, 6) is 0. The summed E-state index contributed by atoms with van der Waals surface area (Å²) in [6, 6.07) is 7.86. The Morgan fingerprint density at radius 1 is 1.50 bits per heavy atom. The van der Waals surface area contributed by atoms with Gasteiger partial charge in [0.2, 0.25) is 0 Å². The number of aliphatic hydroxyl groups excluding tert-OH is 1. The summed E-state index contributed by atoms with van der Waals surface area (Å²) < 4.78 is 7.93. The maximum atomic E-state index is 8.52. The zero-order chi connectivity index (χ0) is 11.1. The van der Waals surface area contributed by atoms with Gasteiger partial charge in [-0.05, 0) is 28.1 Å². The van der Waals surface area contributed by atoms with Crippen LogP contribution < -0.4 is 9.79 Å². The van der Waals surface area contributed by atoms with E-state index in [9.17, 15) is 0 Å². The van der Waals surface area contributed by atoms with Crippen LogP contribution in [0.5, 0.6) is 0 Å². The molecule has 4 nitrogen and oxygen atoms in total. The Balaban J connectivity index is 0.00000225. The number of hydroxylamine groups is 1. The smallest absolute Gasteiger partial charge is 0.135 e. The number of para-hydroxylation sites is 1. The van der Waals surface area contributed by atoms with Gasteiger partial charge in [0, 0.05) is 18.1 Å². The second-order valence-electron chi connectivity index (χ2n) is 2.72. The summed E-state index contributed by atoms with van der Waals surface area (Å²) >= 11 is 4.61. The highest BCUT2D eigenvalue weighted by Crippen LogP contribution is 2.28. The van der Waals surface area contributed by atoms with E-state index in [0.29, 0.717) is 6.54 Å². The molecular weight excluding hydrogens is 312 g/mol. The van der Waals surface area contributed by atoms with Gasteiger partial charge in [-0.3, -0.25) is 4.31 Å². The second-order valence-corrected chi connectivity index (χ2v) is 4.44. The molecule has 92 valence electrons. The Kier molecular flexibility index (Phi) is 9.19. The Hall–Kier alpha value is 0.0800. The van der Waals surface area contributed by atoms with Gasteiger partial charge in [-0.2, -0.15) is 19.0 Å². The van der Waals surface area contributed by atoms with Crippen LogP contribution in [-0.2, 0) is 4.28 Å². The quantitative estimate of drug-likeness (QED) is 0.362. The summed E-state index contributed by atoms with van der Waals surface area (Å²) in [6.45, 7) is 0.468. The van der Waals surface area contributed by atoms with E-state index in [-0.39, 0.29) is 20.1 Å². The molecule has 0 aliphatic carbocycles. The fourth-order valence-electron chi connectivity index (χ4n) is 0.917. The fraction of sp³-hybridized carbons (Fsp3) is 0.333. The van der Waals surface area contributed by atoms with Gasteiger partial charge in [-0.25, -0.2) is 4.28 Å². The van der Waals surface area contributed by atoms with Crippen molar-refractivity contribution in [3.05, 3.63) is 28.7 Å². The van der Waals surface area contributed by atoms with E-state index in [1.807, 2.05) is 35.6 Å². The van der Waals surface area contributed by atoms with Crippen molar-refractivity contribution in [3.8, 4) is 0 Å². The first kappa shape index (κ1) is 16.1. The lowest BCUT2D eigenvalue weighted by Crippen LogP contribution is -2.19. The van der Waals surface area contributed by atoms with Crippen molar-refractivity contribution in [2.24, 2.45) is 0 Å². The molecule has 0 heterocycles. The number of hydrogen-bond acceptors (Lipinski definition) is 5. The molecule has 0 atom stereocenters. The Morgan fingerprint density at radius 2 is 2.19 bits per heavy atom. The van der Waals surface area contributed by atoms with E-state index in [1.165, 1.54) is 0 Å². The number of hydrogen-bond donors (Lipinski definition) is 2. The molecule has 0 spiro atoms. The summed E-state index contributed by atoms with van der Waals surface area (Å²) in [4.78, 5) is 0. The summed E-state index contributed by atoms with van der Waals surface area (Å²) in [5.41, 5.74) is 3.63. The molecule has 2 N–H and O–H groups in total. The minimum atomic E-state index is 0. The van der Waals surface area contributed by atoms with Gasteiger partial charge < -0.3 is 5.11 Å². The molecule has 1 rings (SSSR count). The van der Waals surface area contributed by atoms with Crippen LogP contribution in [-0.4, -0.2) is 25.3 Å². The highest BCUT2D eigenvalue weighted by Gasteiger charge is 2.05. The van der Waals surface area contributed by atoms with E-state index < -0.39 is 0 Å². The lowest BCUT2D eigenvalue weighted by atomic mass is 10.3. The first-order valence-electron chi connectivity index (χ1n) is 4.41.